The van der Waals surface area contributed by atoms with Crippen molar-refractivity contribution in [2.45, 2.75) is 32.5 Å². The summed E-state index contributed by atoms with van der Waals surface area (Å²) in [7, 11) is 0. The molecule has 0 unspecified atom stereocenters. The third-order valence-electron chi connectivity index (χ3n) is 6.74. The van der Waals surface area contributed by atoms with Gasteiger partial charge in [0.05, 0.1) is 24.8 Å². The number of carbonyl (C=O) groups is 3. The SMILES string of the molecule is Cc1cc(C(N)=O)ccc1-c1cc(O)cc(CN2CCOC[C@H]2C(=O)N[C@H](C)c2ccc(C(=O)O)cc2)c1. The van der Waals surface area contributed by atoms with Crippen LogP contribution in [0.5, 0.6) is 5.75 Å². The molecule has 5 N–H and O–H groups in total. The lowest BCUT2D eigenvalue weighted by molar-refractivity contribution is -0.133. The van der Waals surface area contributed by atoms with Crippen LogP contribution >= 0.6 is 0 Å². The number of carbonyl (C=O) groups excluding carboxylic acids is 2. The summed E-state index contributed by atoms with van der Waals surface area (Å²) in [6.07, 6.45) is 0. The Morgan fingerprint density at radius 3 is 2.45 bits per heavy atom. The number of amides is 2. The van der Waals surface area contributed by atoms with Gasteiger partial charge in [-0.1, -0.05) is 18.2 Å². The molecular formula is C29H31N3O6. The van der Waals surface area contributed by atoms with Crippen molar-refractivity contribution in [2.24, 2.45) is 5.73 Å². The van der Waals surface area contributed by atoms with Gasteiger partial charge in [-0.15, -0.1) is 0 Å². The number of phenols is 1. The molecule has 2 amide bonds. The van der Waals surface area contributed by atoms with Crippen LogP contribution in [-0.4, -0.2) is 58.7 Å². The predicted molar refractivity (Wildman–Crippen MR) is 142 cm³/mol. The molecule has 3 aromatic carbocycles. The fourth-order valence-corrected chi connectivity index (χ4v) is 4.67. The monoisotopic (exact) mass is 517 g/mol. The second-order valence-corrected chi connectivity index (χ2v) is 9.50. The number of nitrogens with two attached hydrogens (primary N) is 1. The fourth-order valence-electron chi connectivity index (χ4n) is 4.67. The van der Waals surface area contributed by atoms with Crippen molar-refractivity contribution in [3.8, 4) is 16.9 Å². The fraction of sp³-hybridized carbons (Fsp3) is 0.276. The number of nitrogens with one attached hydrogen (secondary N) is 1. The maximum absolute atomic E-state index is 13.2. The maximum Gasteiger partial charge on any atom is 0.335 e. The Kier molecular flexibility index (Phi) is 8.09. The molecule has 9 heteroatoms. The molecule has 3 aromatic rings. The number of phenolic OH excluding ortho intramolecular Hbond substituents is 1. The number of nitrogens with zero attached hydrogens (tertiary/aromatic N) is 1. The highest BCUT2D eigenvalue weighted by atomic mass is 16.5. The van der Waals surface area contributed by atoms with Crippen LogP contribution in [0.4, 0.5) is 0 Å². The van der Waals surface area contributed by atoms with Crippen LogP contribution in [0.15, 0.2) is 60.7 Å². The molecule has 4 rings (SSSR count). The van der Waals surface area contributed by atoms with Crippen molar-refractivity contribution >= 4 is 17.8 Å². The van der Waals surface area contributed by atoms with E-state index in [1.807, 2.05) is 30.9 Å². The van der Waals surface area contributed by atoms with Crippen molar-refractivity contribution in [2.75, 3.05) is 19.8 Å². The summed E-state index contributed by atoms with van der Waals surface area (Å²) < 4.78 is 5.61. The second-order valence-electron chi connectivity index (χ2n) is 9.50. The lowest BCUT2D eigenvalue weighted by Crippen LogP contribution is -2.53. The first kappa shape index (κ1) is 26.8. The highest BCUT2D eigenvalue weighted by molar-refractivity contribution is 5.93. The van der Waals surface area contributed by atoms with Gasteiger partial charge < -0.3 is 26.0 Å². The number of carboxylic acids is 1. The first-order valence-corrected chi connectivity index (χ1v) is 12.3. The third kappa shape index (κ3) is 6.19. The molecule has 1 heterocycles. The van der Waals surface area contributed by atoms with E-state index >= 15 is 0 Å². The first-order valence-electron chi connectivity index (χ1n) is 12.3. The van der Waals surface area contributed by atoms with Crippen LogP contribution < -0.4 is 11.1 Å². The van der Waals surface area contributed by atoms with Gasteiger partial charge >= 0.3 is 5.97 Å². The standard InChI is InChI=1S/C29H31N3O6/c1-17-11-22(27(30)34)7-8-25(17)23-12-19(13-24(33)14-23)15-32-9-10-38-16-26(32)28(35)31-18(2)20-3-5-21(6-4-20)29(36)37/h3-8,11-14,18,26,33H,9-10,15-16H2,1-2H3,(H2,30,34)(H,31,35)(H,36,37)/t18-,26+/m1/s1. The zero-order valence-electron chi connectivity index (χ0n) is 21.3. The zero-order valence-corrected chi connectivity index (χ0v) is 21.3. The van der Waals surface area contributed by atoms with Crippen LogP contribution in [0.3, 0.4) is 0 Å². The van der Waals surface area contributed by atoms with Gasteiger partial charge in [-0.05, 0) is 84.1 Å². The van der Waals surface area contributed by atoms with Crippen molar-refractivity contribution in [1.29, 1.82) is 0 Å². The number of carboxylic acid groups (broad SMARTS) is 1. The highest BCUT2D eigenvalue weighted by Crippen LogP contribution is 2.30. The van der Waals surface area contributed by atoms with Crippen LogP contribution in [0.1, 0.15) is 50.4 Å². The molecule has 0 bridgehead atoms. The lowest BCUT2D eigenvalue weighted by Gasteiger charge is -2.35. The summed E-state index contributed by atoms with van der Waals surface area (Å²) >= 11 is 0. The van der Waals surface area contributed by atoms with Gasteiger partial charge in [0.2, 0.25) is 11.8 Å². The Hall–Kier alpha value is -4.21. The molecule has 9 nitrogen and oxygen atoms in total. The topological polar surface area (TPSA) is 142 Å². The van der Waals surface area contributed by atoms with Gasteiger partial charge in [-0.2, -0.15) is 0 Å². The smallest absolute Gasteiger partial charge is 0.335 e. The molecule has 1 fully saturated rings. The second kappa shape index (κ2) is 11.5. The van der Waals surface area contributed by atoms with Crippen LogP contribution in [0, 0.1) is 6.92 Å². The van der Waals surface area contributed by atoms with E-state index in [0.29, 0.717) is 25.3 Å². The number of morpholine rings is 1. The Bertz CT molecular complexity index is 1350. The van der Waals surface area contributed by atoms with Gasteiger partial charge in [0.1, 0.15) is 11.8 Å². The molecule has 0 saturated carbocycles. The summed E-state index contributed by atoms with van der Waals surface area (Å²) in [5.41, 5.74) is 10.1. The number of benzene rings is 3. The largest absolute Gasteiger partial charge is 0.508 e. The van der Waals surface area contributed by atoms with Gasteiger partial charge in [-0.3, -0.25) is 14.5 Å². The third-order valence-corrected chi connectivity index (χ3v) is 6.74. The van der Waals surface area contributed by atoms with Crippen molar-refractivity contribution in [1.82, 2.24) is 10.2 Å². The minimum Gasteiger partial charge on any atom is -0.508 e. The van der Waals surface area contributed by atoms with E-state index in [2.05, 4.69) is 5.32 Å². The van der Waals surface area contributed by atoms with E-state index in [-0.39, 0.29) is 29.9 Å². The van der Waals surface area contributed by atoms with Gasteiger partial charge in [0.15, 0.2) is 0 Å². The zero-order chi connectivity index (χ0) is 27.4. The average molecular weight is 518 g/mol. The van der Waals surface area contributed by atoms with Crippen molar-refractivity contribution < 1.29 is 29.3 Å². The summed E-state index contributed by atoms with van der Waals surface area (Å²) in [5, 5.41) is 22.6. The number of hydrogen-bond acceptors (Lipinski definition) is 6. The Balaban J connectivity index is 1.50. The summed E-state index contributed by atoms with van der Waals surface area (Å²) in [6, 6.07) is 16.0. The minimum absolute atomic E-state index is 0.101. The van der Waals surface area contributed by atoms with Gasteiger partial charge in [-0.25, -0.2) is 4.79 Å². The van der Waals surface area contributed by atoms with E-state index in [9.17, 15) is 19.5 Å². The molecule has 2 atom stereocenters. The van der Waals surface area contributed by atoms with Gasteiger partial charge in [0.25, 0.3) is 0 Å². The molecular weight excluding hydrogens is 486 g/mol. The van der Waals surface area contributed by atoms with E-state index in [0.717, 1.165) is 27.8 Å². The number of primary amides is 1. The Morgan fingerprint density at radius 1 is 1.08 bits per heavy atom. The summed E-state index contributed by atoms with van der Waals surface area (Å²) in [4.78, 5) is 37.9. The van der Waals surface area contributed by atoms with Crippen LogP contribution in [0.25, 0.3) is 11.1 Å². The molecule has 0 radical (unpaired) electrons. The number of rotatable bonds is 8. The van der Waals surface area contributed by atoms with Crippen LogP contribution in [0.2, 0.25) is 0 Å². The molecule has 38 heavy (non-hydrogen) atoms. The average Bonchev–Trinajstić information content (AvgIpc) is 2.88. The van der Waals surface area contributed by atoms with Crippen molar-refractivity contribution in [3.63, 3.8) is 0 Å². The maximum atomic E-state index is 13.2. The number of hydrogen-bond donors (Lipinski definition) is 4. The Morgan fingerprint density at radius 2 is 1.79 bits per heavy atom. The summed E-state index contributed by atoms with van der Waals surface area (Å²) in [5.74, 6) is -1.60. The molecule has 198 valence electrons. The number of ether oxygens (including phenoxy) is 1. The van der Waals surface area contributed by atoms with E-state index < -0.39 is 17.9 Å². The molecule has 0 aromatic heterocycles. The molecule has 1 saturated heterocycles. The number of aromatic carboxylic acids is 1. The number of aryl methyl sites for hydroxylation is 1. The van der Waals surface area contributed by atoms with Gasteiger partial charge in [0, 0.05) is 18.7 Å². The number of aromatic hydroxyl groups is 1. The normalized spacial score (nSPS) is 16.5. The van der Waals surface area contributed by atoms with Crippen LogP contribution in [-0.2, 0) is 16.1 Å². The Labute approximate surface area is 220 Å². The van der Waals surface area contributed by atoms with E-state index in [4.69, 9.17) is 15.6 Å². The molecule has 0 spiro atoms. The predicted octanol–water partition coefficient (Wildman–Crippen LogP) is 3.24. The van der Waals surface area contributed by atoms with E-state index in [1.165, 1.54) is 12.1 Å². The summed E-state index contributed by atoms with van der Waals surface area (Å²) in [6.45, 7) is 5.39. The first-order chi connectivity index (χ1) is 18.1. The highest BCUT2D eigenvalue weighted by Gasteiger charge is 2.30. The van der Waals surface area contributed by atoms with Crippen molar-refractivity contribution in [3.05, 3.63) is 88.5 Å². The molecule has 1 aliphatic heterocycles. The molecule has 0 aliphatic carbocycles. The lowest BCUT2D eigenvalue weighted by atomic mass is 9.96. The van der Waals surface area contributed by atoms with E-state index in [1.54, 1.807) is 36.4 Å². The molecule has 1 aliphatic rings. The minimum atomic E-state index is -1.00. The quantitative estimate of drug-likeness (QED) is 0.359.